The van der Waals surface area contributed by atoms with E-state index in [0.717, 1.165) is 17.7 Å². The fraction of sp³-hybridized carbons (Fsp3) is 0.214. The van der Waals surface area contributed by atoms with Gasteiger partial charge in [-0.05, 0) is 30.3 Å². The first-order valence-corrected chi connectivity index (χ1v) is 6.00. The van der Waals surface area contributed by atoms with E-state index in [1.54, 1.807) is 18.2 Å². The molecular weight excluding hydrogens is 252 g/mol. The van der Waals surface area contributed by atoms with Crippen molar-refractivity contribution in [2.45, 2.75) is 13.3 Å². The highest BCUT2D eigenvalue weighted by molar-refractivity contribution is 6.30. The zero-order valence-corrected chi connectivity index (χ0v) is 11.0. The third kappa shape index (κ3) is 2.41. The third-order valence-electron chi connectivity index (χ3n) is 2.64. The first kappa shape index (κ1) is 12.7. The van der Waals surface area contributed by atoms with Gasteiger partial charge in [-0.2, -0.15) is 0 Å². The van der Waals surface area contributed by atoms with Crippen molar-refractivity contribution in [2.24, 2.45) is 0 Å². The molecule has 0 atom stereocenters. The van der Waals surface area contributed by atoms with Crippen LogP contribution in [0.5, 0.6) is 0 Å². The van der Waals surface area contributed by atoms with Crippen molar-refractivity contribution in [2.75, 3.05) is 7.11 Å². The summed E-state index contributed by atoms with van der Waals surface area (Å²) in [7, 11) is 1.35. The van der Waals surface area contributed by atoms with E-state index >= 15 is 0 Å². The fourth-order valence-corrected chi connectivity index (χ4v) is 1.82. The average Bonchev–Trinajstić information content (AvgIpc) is 2.83. The topological polar surface area (TPSA) is 39.4 Å². The molecule has 0 radical (unpaired) electrons. The maximum atomic E-state index is 11.7. The number of carbonyl (C=O) groups excluding carboxylic acids is 1. The number of aryl methyl sites for hydroxylation is 1. The molecule has 0 aliphatic rings. The van der Waals surface area contributed by atoms with Crippen molar-refractivity contribution >= 4 is 17.6 Å². The second-order valence-electron chi connectivity index (χ2n) is 3.81. The van der Waals surface area contributed by atoms with Crippen molar-refractivity contribution in [3.63, 3.8) is 0 Å². The van der Waals surface area contributed by atoms with Crippen LogP contribution in [0.15, 0.2) is 34.7 Å². The molecule has 1 heterocycles. The number of halogens is 1. The predicted molar refractivity (Wildman–Crippen MR) is 69.9 cm³/mol. The molecule has 1 aromatic heterocycles. The minimum absolute atomic E-state index is 0.400. The fourth-order valence-electron chi connectivity index (χ4n) is 1.69. The van der Waals surface area contributed by atoms with Crippen molar-refractivity contribution in [3.05, 3.63) is 46.7 Å². The summed E-state index contributed by atoms with van der Waals surface area (Å²) in [6.45, 7) is 1.96. The molecule has 0 bridgehead atoms. The molecule has 0 amide bonds. The predicted octanol–water partition coefficient (Wildman–Crippen LogP) is 3.95. The van der Waals surface area contributed by atoms with Gasteiger partial charge >= 0.3 is 5.97 Å². The Hall–Kier alpha value is -1.74. The molecule has 0 aliphatic heterocycles. The van der Waals surface area contributed by atoms with Gasteiger partial charge in [-0.1, -0.05) is 18.5 Å². The number of esters is 1. The SMILES string of the molecule is CCc1cc(C(=O)OC)c(-c2ccc(Cl)cc2)o1. The van der Waals surface area contributed by atoms with E-state index < -0.39 is 5.97 Å². The maximum Gasteiger partial charge on any atom is 0.341 e. The lowest BCUT2D eigenvalue weighted by Gasteiger charge is -2.01. The smallest absolute Gasteiger partial charge is 0.341 e. The molecule has 0 saturated heterocycles. The minimum Gasteiger partial charge on any atom is -0.465 e. The van der Waals surface area contributed by atoms with Gasteiger partial charge in [0.2, 0.25) is 0 Å². The molecule has 0 N–H and O–H groups in total. The molecule has 0 unspecified atom stereocenters. The monoisotopic (exact) mass is 264 g/mol. The van der Waals surface area contributed by atoms with Crippen molar-refractivity contribution in [1.82, 2.24) is 0 Å². The highest BCUT2D eigenvalue weighted by Crippen LogP contribution is 2.29. The second kappa shape index (κ2) is 5.27. The van der Waals surface area contributed by atoms with Crippen LogP contribution < -0.4 is 0 Å². The van der Waals surface area contributed by atoms with Crippen LogP contribution in [-0.2, 0) is 11.2 Å². The Morgan fingerprint density at radius 2 is 2.00 bits per heavy atom. The molecule has 0 aliphatic carbocycles. The highest BCUT2D eigenvalue weighted by atomic mass is 35.5. The quantitative estimate of drug-likeness (QED) is 0.788. The molecule has 0 fully saturated rings. The molecule has 2 rings (SSSR count). The lowest BCUT2D eigenvalue weighted by atomic mass is 10.1. The second-order valence-corrected chi connectivity index (χ2v) is 4.24. The average molecular weight is 265 g/mol. The third-order valence-corrected chi connectivity index (χ3v) is 2.90. The standard InChI is InChI=1S/C14H13ClO3/c1-3-11-8-12(14(16)17-2)13(18-11)9-4-6-10(15)7-5-9/h4-8H,3H2,1-2H3. The van der Waals surface area contributed by atoms with E-state index in [9.17, 15) is 4.79 Å². The van der Waals surface area contributed by atoms with Crippen LogP contribution in [0.3, 0.4) is 0 Å². The Morgan fingerprint density at radius 3 is 2.56 bits per heavy atom. The van der Waals surface area contributed by atoms with Crippen LogP contribution in [-0.4, -0.2) is 13.1 Å². The van der Waals surface area contributed by atoms with Gasteiger partial charge in [-0.25, -0.2) is 4.79 Å². The molecule has 4 heteroatoms. The summed E-state index contributed by atoms with van der Waals surface area (Å²) >= 11 is 5.84. The van der Waals surface area contributed by atoms with E-state index in [1.807, 2.05) is 19.1 Å². The summed E-state index contributed by atoms with van der Waals surface area (Å²) < 4.78 is 10.4. The van der Waals surface area contributed by atoms with Gasteiger partial charge in [-0.15, -0.1) is 0 Å². The minimum atomic E-state index is -0.400. The van der Waals surface area contributed by atoms with Gasteiger partial charge in [0.15, 0.2) is 0 Å². The van der Waals surface area contributed by atoms with Crippen LogP contribution in [0.2, 0.25) is 5.02 Å². The molecule has 3 nitrogen and oxygen atoms in total. The normalized spacial score (nSPS) is 10.4. The highest BCUT2D eigenvalue weighted by Gasteiger charge is 2.19. The number of carbonyl (C=O) groups is 1. The molecule has 0 spiro atoms. The summed E-state index contributed by atoms with van der Waals surface area (Å²) in [5, 5.41) is 0.639. The van der Waals surface area contributed by atoms with Crippen molar-refractivity contribution in [1.29, 1.82) is 0 Å². The Morgan fingerprint density at radius 1 is 1.33 bits per heavy atom. The van der Waals surface area contributed by atoms with Gasteiger partial charge in [0.05, 0.1) is 7.11 Å². The van der Waals surface area contributed by atoms with E-state index in [4.69, 9.17) is 20.8 Å². The zero-order valence-electron chi connectivity index (χ0n) is 10.2. The summed E-state index contributed by atoms with van der Waals surface area (Å²) in [5.74, 6) is 0.874. The van der Waals surface area contributed by atoms with Crippen LogP contribution in [0, 0.1) is 0 Å². The van der Waals surface area contributed by atoms with Crippen LogP contribution in [0.4, 0.5) is 0 Å². The number of hydrogen-bond acceptors (Lipinski definition) is 3. The molecule has 2 aromatic rings. The van der Waals surface area contributed by atoms with Crippen molar-refractivity contribution < 1.29 is 13.9 Å². The van der Waals surface area contributed by atoms with E-state index in [-0.39, 0.29) is 0 Å². The summed E-state index contributed by atoms with van der Waals surface area (Å²) in [6, 6.07) is 8.86. The van der Waals surface area contributed by atoms with Gasteiger partial charge in [-0.3, -0.25) is 0 Å². The summed E-state index contributed by atoms with van der Waals surface area (Å²) in [6.07, 6.45) is 0.720. The lowest BCUT2D eigenvalue weighted by molar-refractivity contribution is 0.0601. The first-order chi connectivity index (χ1) is 8.65. The number of benzene rings is 1. The number of rotatable bonds is 3. The van der Waals surface area contributed by atoms with E-state index in [1.165, 1.54) is 7.11 Å². The molecule has 18 heavy (non-hydrogen) atoms. The molecule has 1 aromatic carbocycles. The van der Waals surface area contributed by atoms with Crippen molar-refractivity contribution in [3.8, 4) is 11.3 Å². The summed E-state index contributed by atoms with van der Waals surface area (Å²) in [5.41, 5.74) is 1.25. The van der Waals surface area contributed by atoms with Crippen LogP contribution in [0.1, 0.15) is 23.0 Å². The maximum absolute atomic E-state index is 11.7. The van der Waals surface area contributed by atoms with Gasteiger partial charge < -0.3 is 9.15 Å². The lowest BCUT2D eigenvalue weighted by Crippen LogP contribution is -2.00. The summed E-state index contributed by atoms with van der Waals surface area (Å²) in [4.78, 5) is 11.7. The number of furan rings is 1. The van der Waals surface area contributed by atoms with Gasteiger partial charge in [0.25, 0.3) is 0 Å². The van der Waals surface area contributed by atoms with Crippen LogP contribution >= 0.6 is 11.6 Å². The Labute approximate surface area is 110 Å². The molecular formula is C14H13ClO3. The number of methoxy groups -OCH3 is 1. The van der Waals surface area contributed by atoms with E-state index in [2.05, 4.69) is 0 Å². The number of ether oxygens (including phenoxy) is 1. The van der Waals surface area contributed by atoms with Gasteiger partial charge in [0, 0.05) is 17.0 Å². The first-order valence-electron chi connectivity index (χ1n) is 5.62. The Bertz CT molecular complexity index is 555. The molecule has 94 valence electrons. The largest absolute Gasteiger partial charge is 0.465 e. The van der Waals surface area contributed by atoms with Crippen LogP contribution in [0.25, 0.3) is 11.3 Å². The Kier molecular flexibility index (Phi) is 3.72. The number of hydrogen-bond donors (Lipinski definition) is 0. The molecule has 0 saturated carbocycles. The zero-order chi connectivity index (χ0) is 13.1. The Balaban J connectivity index is 2.51. The van der Waals surface area contributed by atoms with E-state index in [0.29, 0.717) is 16.3 Å². The van der Waals surface area contributed by atoms with Gasteiger partial charge in [0.1, 0.15) is 17.1 Å².